The van der Waals surface area contributed by atoms with E-state index in [2.05, 4.69) is 25.9 Å². The first-order chi connectivity index (χ1) is 12.5. The molecule has 0 radical (unpaired) electrons. The second kappa shape index (κ2) is 8.23. The molecule has 1 fully saturated rings. The molecule has 0 aliphatic carbocycles. The van der Waals surface area contributed by atoms with E-state index in [9.17, 15) is 9.18 Å². The number of rotatable bonds is 5. The van der Waals surface area contributed by atoms with Crippen LogP contribution < -0.4 is 16.0 Å². The molecule has 1 atom stereocenters. The molecule has 3 rings (SSSR count). The van der Waals surface area contributed by atoms with Crippen LogP contribution in [-0.2, 0) is 4.79 Å². The van der Waals surface area contributed by atoms with E-state index in [4.69, 9.17) is 0 Å². The van der Waals surface area contributed by atoms with Crippen molar-refractivity contribution in [3.63, 3.8) is 0 Å². The van der Waals surface area contributed by atoms with Gasteiger partial charge < -0.3 is 16.0 Å². The summed E-state index contributed by atoms with van der Waals surface area (Å²) in [5.74, 6) is 1.17. The van der Waals surface area contributed by atoms with Crippen molar-refractivity contribution >= 4 is 17.4 Å². The number of hydrogen-bond acceptors (Lipinski definition) is 5. The fourth-order valence-electron chi connectivity index (χ4n) is 3.13. The lowest BCUT2D eigenvalue weighted by atomic mass is 9.96. The molecule has 2 heterocycles. The van der Waals surface area contributed by atoms with Crippen molar-refractivity contribution in [2.45, 2.75) is 32.6 Å². The van der Waals surface area contributed by atoms with Crippen LogP contribution in [0.2, 0.25) is 0 Å². The summed E-state index contributed by atoms with van der Waals surface area (Å²) >= 11 is 0. The number of carbonyl (C=O) groups excluding carboxylic acids is 1. The zero-order valence-electron chi connectivity index (χ0n) is 15.1. The smallest absolute Gasteiger partial charge is 0.243 e. The van der Waals surface area contributed by atoms with Gasteiger partial charge in [-0.1, -0.05) is 0 Å². The largest absolute Gasteiger partial charge is 0.361 e. The number of aromatic nitrogens is 2. The van der Waals surface area contributed by atoms with Crippen LogP contribution in [0.25, 0.3) is 0 Å². The summed E-state index contributed by atoms with van der Waals surface area (Å²) in [7, 11) is 0. The van der Waals surface area contributed by atoms with Crippen LogP contribution in [0.1, 0.15) is 35.8 Å². The van der Waals surface area contributed by atoms with Gasteiger partial charge in [-0.2, -0.15) is 0 Å². The minimum absolute atomic E-state index is 0.0790. The highest BCUT2D eigenvalue weighted by Crippen LogP contribution is 2.23. The minimum Gasteiger partial charge on any atom is -0.361 e. The molecule has 1 aromatic heterocycles. The van der Waals surface area contributed by atoms with Crippen LogP contribution in [0.5, 0.6) is 0 Å². The van der Waals surface area contributed by atoms with Gasteiger partial charge in [0.25, 0.3) is 0 Å². The Balaban J connectivity index is 1.61. The van der Waals surface area contributed by atoms with Crippen molar-refractivity contribution in [1.82, 2.24) is 15.3 Å². The maximum Gasteiger partial charge on any atom is 0.243 e. The zero-order chi connectivity index (χ0) is 18.5. The molecule has 0 saturated carbocycles. The van der Waals surface area contributed by atoms with Crippen LogP contribution in [0.3, 0.4) is 0 Å². The fourth-order valence-corrected chi connectivity index (χ4v) is 3.13. The molecular formula is C19H24FN5O. The lowest BCUT2D eigenvalue weighted by Gasteiger charge is -2.22. The Morgan fingerprint density at radius 2 is 2.15 bits per heavy atom. The van der Waals surface area contributed by atoms with Crippen LogP contribution >= 0.6 is 0 Å². The summed E-state index contributed by atoms with van der Waals surface area (Å²) in [6.45, 7) is 5.65. The highest BCUT2D eigenvalue weighted by atomic mass is 19.1. The number of amides is 1. The molecule has 26 heavy (non-hydrogen) atoms. The Kier molecular flexibility index (Phi) is 5.78. The van der Waals surface area contributed by atoms with E-state index in [1.807, 2.05) is 13.0 Å². The van der Waals surface area contributed by atoms with Crippen molar-refractivity contribution < 1.29 is 9.18 Å². The summed E-state index contributed by atoms with van der Waals surface area (Å²) in [6.07, 6.45) is 2.24. The average molecular weight is 357 g/mol. The minimum atomic E-state index is -0.320. The van der Waals surface area contributed by atoms with E-state index in [0.717, 1.165) is 31.6 Å². The first kappa shape index (κ1) is 18.3. The van der Waals surface area contributed by atoms with Gasteiger partial charge in [0.1, 0.15) is 17.5 Å². The number of aryl methyl sites for hydroxylation is 2. The summed E-state index contributed by atoms with van der Waals surface area (Å²) in [5.41, 5.74) is 2.29. The number of benzene rings is 1. The molecule has 138 valence electrons. The lowest BCUT2D eigenvalue weighted by Crippen LogP contribution is -2.29. The quantitative estimate of drug-likeness (QED) is 0.767. The molecule has 7 heteroatoms. The predicted octanol–water partition coefficient (Wildman–Crippen LogP) is 2.75. The van der Waals surface area contributed by atoms with Crippen LogP contribution in [0.15, 0.2) is 24.3 Å². The fraction of sp³-hybridized carbons (Fsp3) is 0.421. The van der Waals surface area contributed by atoms with Gasteiger partial charge in [0.05, 0.1) is 12.2 Å². The van der Waals surface area contributed by atoms with E-state index in [-0.39, 0.29) is 18.3 Å². The van der Waals surface area contributed by atoms with Gasteiger partial charge in [0.2, 0.25) is 5.91 Å². The third kappa shape index (κ3) is 4.76. The van der Waals surface area contributed by atoms with Gasteiger partial charge in [-0.3, -0.25) is 4.79 Å². The van der Waals surface area contributed by atoms with Gasteiger partial charge in [-0.15, -0.1) is 0 Å². The second-order valence-electron chi connectivity index (χ2n) is 6.63. The molecule has 1 aliphatic heterocycles. The Bertz CT molecular complexity index is 789. The number of nitrogens with zero attached hydrogens (tertiary/aromatic N) is 2. The van der Waals surface area contributed by atoms with Crippen molar-refractivity contribution in [2.75, 3.05) is 30.3 Å². The van der Waals surface area contributed by atoms with Crippen LogP contribution in [0.4, 0.5) is 15.9 Å². The van der Waals surface area contributed by atoms with Gasteiger partial charge in [0, 0.05) is 24.2 Å². The third-order valence-electron chi connectivity index (χ3n) is 4.47. The standard InChI is InChI=1S/C19H24FN5O/c1-12-8-15(20)5-6-16(12)25-19(26)11-22-18-9-17(23-13(2)24-18)14-4-3-7-21-10-14/h5-6,8-9,14,21H,3-4,7,10-11H2,1-2H3,(H,25,26)(H,22,23,24)/t14-/m1/s1. The van der Waals surface area contributed by atoms with Crippen molar-refractivity contribution in [3.05, 3.63) is 47.2 Å². The normalized spacial score (nSPS) is 17.0. The molecule has 1 aromatic carbocycles. The first-order valence-corrected chi connectivity index (χ1v) is 8.87. The topological polar surface area (TPSA) is 78.9 Å². The molecule has 2 aromatic rings. The SMILES string of the molecule is Cc1nc(NCC(=O)Nc2ccc(F)cc2C)cc([C@@H]2CCCNC2)n1. The number of carbonyl (C=O) groups is 1. The molecule has 0 spiro atoms. The molecule has 1 amide bonds. The van der Waals surface area contributed by atoms with Crippen LogP contribution in [0, 0.1) is 19.7 Å². The predicted molar refractivity (Wildman–Crippen MR) is 99.9 cm³/mol. The Hall–Kier alpha value is -2.54. The van der Waals surface area contributed by atoms with Gasteiger partial charge in [0.15, 0.2) is 0 Å². The molecule has 0 bridgehead atoms. The number of anilines is 2. The number of piperidine rings is 1. The Labute approximate surface area is 152 Å². The lowest BCUT2D eigenvalue weighted by molar-refractivity contribution is -0.114. The molecule has 0 unspecified atom stereocenters. The molecular weight excluding hydrogens is 333 g/mol. The summed E-state index contributed by atoms with van der Waals surface area (Å²) in [5, 5.41) is 9.22. The van der Waals surface area contributed by atoms with Crippen molar-refractivity contribution in [1.29, 1.82) is 0 Å². The van der Waals surface area contributed by atoms with E-state index < -0.39 is 0 Å². The molecule has 6 nitrogen and oxygen atoms in total. The van der Waals surface area contributed by atoms with Crippen molar-refractivity contribution in [2.24, 2.45) is 0 Å². The van der Waals surface area contributed by atoms with E-state index in [1.165, 1.54) is 12.1 Å². The van der Waals surface area contributed by atoms with Crippen LogP contribution in [-0.4, -0.2) is 35.5 Å². The summed E-state index contributed by atoms with van der Waals surface area (Å²) < 4.78 is 13.1. The first-order valence-electron chi connectivity index (χ1n) is 8.87. The molecule has 1 saturated heterocycles. The van der Waals surface area contributed by atoms with Gasteiger partial charge >= 0.3 is 0 Å². The second-order valence-corrected chi connectivity index (χ2v) is 6.63. The third-order valence-corrected chi connectivity index (χ3v) is 4.47. The van der Waals surface area contributed by atoms with Gasteiger partial charge in [-0.25, -0.2) is 14.4 Å². The summed E-state index contributed by atoms with van der Waals surface area (Å²) in [6, 6.07) is 6.20. The van der Waals surface area contributed by atoms with Gasteiger partial charge in [-0.05, 0) is 57.0 Å². The highest BCUT2D eigenvalue weighted by Gasteiger charge is 2.18. The maximum absolute atomic E-state index is 13.1. The average Bonchev–Trinajstić information content (AvgIpc) is 2.63. The van der Waals surface area contributed by atoms with E-state index in [0.29, 0.717) is 28.8 Å². The number of hydrogen-bond donors (Lipinski definition) is 3. The van der Waals surface area contributed by atoms with Crippen molar-refractivity contribution in [3.8, 4) is 0 Å². The molecule has 3 N–H and O–H groups in total. The maximum atomic E-state index is 13.1. The number of nitrogens with one attached hydrogen (secondary N) is 3. The highest BCUT2D eigenvalue weighted by molar-refractivity contribution is 5.94. The van der Waals surface area contributed by atoms with E-state index >= 15 is 0 Å². The zero-order valence-corrected chi connectivity index (χ0v) is 15.1. The summed E-state index contributed by atoms with van der Waals surface area (Å²) in [4.78, 5) is 21.1. The number of halogens is 1. The molecule has 1 aliphatic rings. The van der Waals surface area contributed by atoms with E-state index in [1.54, 1.807) is 13.0 Å². The Morgan fingerprint density at radius 1 is 1.31 bits per heavy atom. The monoisotopic (exact) mass is 357 g/mol. The Morgan fingerprint density at radius 3 is 2.88 bits per heavy atom.